The van der Waals surface area contributed by atoms with Gasteiger partial charge in [0.15, 0.2) is 6.61 Å². The first-order valence-corrected chi connectivity index (χ1v) is 8.09. The molecule has 0 aliphatic rings. The standard InChI is InChI=1S/C14H15Br2N3O2/c1-2-8-19-12(6-7-17-19)18-13(20)9-21-14-10(15)4-3-5-11(14)16/h3-7H,2,8-9H2,1H3,(H,18,20). The molecule has 112 valence electrons. The van der Waals surface area contributed by atoms with Crippen LogP contribution in [0.2, 0.25) is 0 Å². The van der Waals surface area contributed by atoms with E-state index in [4.69, 9.17) is 4.74 Å². The third kappa shape index (κ3) is 4.31. The minimum absolute atomic E-state index is 0.0709. The number of carbonyl (C=O) groups excluding carboxylic acids is 1. The van der Waals surface area contributed by atoms with Gasteiger partial charge in [0.05, 0.1) is 15.1 Å². The SMILES string of the molecule is CCCn1nccc1NC(=O)COc1c(Br)cccc1Br. The van der Waals surface area contributed by atoms with Gasteiger partial charge >= 0.3 is 0 Å². The van der Waals surface area contributed by atoms with Crippen molar-refractivity contribution < 1.29 is 9.53 Å². The van der Waals surface area contributed by atoms with Crippen molar-refractivity contribution in [2.75, 3.05) is 11.9 Å². The highest BCUT2D eigenvalue weighted by Crippen LogP contribution is 2.32. The molecular weight excluding hydrogens is 402 g/mol. The summed E-state index contributed by atoms with van der Waals surface area (Å²) in [7, 11) is 0. The van der Waals surface area contributed by atoms with E-state index in [2.05, 4.69) is 49.2 Å². The van der Waals surface area contributed by atoms with Crippen LogP contribution in [0.1, 0.15) is 13.3 Å². The van der Waals surface area contributed by atoms with Gasteiger partial charge in [-0.1, -0.05) is 13.0 Å². The molecule has 0 saturated heterocycles. The number of ether oxygens (including phenoxy) is 1. The lowest BCUT2D eigenvalue weighted by atomic mass is 10.3. The Morgan fingerprint density at radius 1 is 1.33 bits per heavy atom. The van der Waals surface area contributed by atoms with Gasteiger partial charge in [-0.05, 0) is 50.4 Å². The summed E-state index contributed by atoms with van der Waals surface area (Å²) in [6.07, 6.45) is 2.61. The van der Waals surface area contributed by atoms with E-state index in [0.717, 1.165) is 21.9 Å². The molecule has 0 bridgehead atoms. The number of nitrogens with one attached hydrogen (secondary N) is 1. The molecule has 7 heteroatoms. The number of para-hydroxylation sites is 1. The zero-order chi connectivity index (χ0) is 15.2. The van der Waals surface area contributed by atoms with Crippen LogP contribution in [0.15, 0.2) is 39.4 Å². The number of aryl methyl sites for hydroxylation is 1. The lowest BCUT2D eigenvalue weighted by Crippen LogP contribution is -2.22. The summed E-state index contributed by atoms with van der Waals surface area (Å²) in [5.41, 5.74) is 0. The molecule has 2 aromatic rings. The smallest absolute Gasteiger partial charge is 0.263 e. The van der Waals surface area contributed by atoms with Gasteiger partial charge in [-0.15, -0.1) is 0 Å². The number of aromatic nitrogens is 2. The predicted octanol–water partition coefficient (Wildman–Crippen LogP) is 3.84. The Kier molecular flexibility index (Phi) is 5.81. The van der Waals surface area contributed by atoms with E-state index in [1.54, 1.807) is 16.9 Å². The van der Waals surface area contributed by atoms with Crippen molar-refractivity contribution in [1.82, 2.24) is 9.78 Å². The Morgan fingerprint density at radius 3 is 2.71 bits per heavy atom. The van der Waals surface area contributed by atoms with Crippen molar-refractivity contribution >= 4 is 43.6 Å². The molecule has 1 amide bonds. The third-order valence-electron chi connectivity index (χ3n) is 2.69. The molecule has 5 nitrogen and oxygen atoms in total. The Bertz CT molecular complexity index is 608. The van der Waals surface area contributed by atoms with E-state index in [-0.39, 0.29) is 12.5 Å². The van der Waals surface area contributed by atoms with Crippen molar-refractivity contribution in [3.05, 3.63) is 39.4 Å². The number of nitrogens with zero attached hydrogens (tertiary/aromatic N) is 2. The van der Waals surface area contributed by atoms with Crippen molar-refractivity contribution in [2.24, 2.45) is 0 Å². The van der Waals surface area contributed by atoms with Gasteiger partial charge in [0.2, 0.25) is 0 Å². The zero-order valence-corrected chi connectivity index (χ0v) is 14.6. The molecule has 0 aliphatic heterocycles. The molecule has 1 heterocycles. The van der Waals surface area contributed by atoms with Crippen molar-refractivity contribution in [1.29, 1.82) is 0 Å². The third-order valence-corrected chi connectivity index (χ3v) is 3.93. The first kappa shape index (κ1) is 16.0. The van der Waals surface area contributed by atoms with E-state index in [1.807, 2.05) is 18.2 Å². The maximum atomic E-state index is 12.0. The molecule has 2 rings (SSSR count). The van der Waals surface area contributed by atoms with Gasteiger partial charge in [0, 0.05) is 12.6 Å². The lowest BCUT2D eigenvalue weighted by molar-refractivity contribution is -0.118. The van der Waals surface area contributed by atoms with Crippen LogP contribution in [0.25, 0.3) is 0 Å². The maximum Gasteiger partial charge on any atom is 0.263 e. The molecular formula is C14H15Br2N3O2. The molecule has 0 fully saturated rings. The van der Waals surface area contributed by atoms with Crippen molar-refractivity contribution in [3.8, 4) is 5.75 Å². The fraction of sp³-hybridized carbons (Fsp3) is 0.286. The number of hydrogen-bond donors (Lipinski definition) is 1. The lowest BCUT2D eigenvalue weighted by Gasteiger charge is -2.11. The number of hydrogen-bond acceptors (Lipinski definition) is 3. The summed E-state index contributed by atoms with van der Waals surface area (Å²) in [6, 6.07) is 7.36. The van der Waals surface area contributed by atoms with Crippen LogP contribution in [-0.2, 0) is 11.3 Å². The van der Waals surface area contributed by atoms with E-state index >= 15 is 0 Å². The number of carbonyl (C=O) groups is 1. The van der Waals surface area contributed by atoms with Gasteiger partial charge in [-0.2, -0.15) is 5.10 Å². The predicted molar refractivity (Wildman–Crippen MR) is 88.5 cm³/mol. The number of rotatable bonds is 6. The molecule has 0 unspecified atom stereocenters. The van der Waals surface area contributed by atoms with Crippen LogP contribution in [0.3, 0.4) is 0 Å². The number of anilines is 1. The molecule has 0 saturated carbocycles. The summed E-state index contributed by atoms with van der Waals surface area (Å²) in [4.78, 5) is 12.0. The van der Waals surface area contributed by atoms with E-state index < -0.39 is 0 Å². The molecule has 0 aliphatic carbocycles. The molecule has 0 radical (unpaired) electrons. The van der Waals surface area contributed by atoms with E-state index in [0.29, 0.717) is 11.6 Å². The highest BCUT2D eigenvalue weighted by atomic mass is 79.9. The molecule has 1 aromatic heterocycles. The topological polar surface area (TPSA) is 56.2 Å². The first-order valence-electron chi connectivity index (χ1n) is 6.50. The van der Waals surface area contributed by atoms with Crippen LogP contribution >= 0.6 is 31.9 Å². The van der Waals surface area contributed by atoms with Crippen LogP contribution < -0.4 is 10.1 Å². The minimum atomic E-state index is -0.226. The first-order chi connectivity index (χ1) is 10.1. The quantitative estimate of drug-likeness (QED) is 0.778. The van der Waals surface area contributed by atoms with Crippen molar-refractivity contribution in [3.63, 3.8) is 0 Å². The summed E-state index contributed by atoms with van der Waals surface area (Å²) >= 11 is 6.78. The fourth-order valence-electron chi connectivity index (χ4n) is 1.77. The second kappa shape index (κ2) is 7.61. The summed E-state index contributed by atoms with van der Waals surface area (Å²) in [5, 5.41) is 6.94. The molecule has 21 heavy (non-hydrogen) atoms. The van der Waals surface area contributed by atoms with Gasteiger partial charge in [0.1, 0.15) is 11.6 Å². The van der Waals surface area contributed by atoms with Crippen LogP contribution in [0.5, 0.6) is 5.75 Å². The van der Waals surface area contributed by atoms with Gasteiger partial charge < -0.3 is 10.1 Å². The summed E-state index contributed by atoms with van der Waals surface area (Å²) < 4.78 is 8.88. The average molecular weight is 417 g/mol. The highest BCUT2D eigenvalue weighted by molar-refractivity contribution is 9.11. The van der Waals surface area contributed by atoms with E-state index in [9.17, 15) is 4.79 Å². The maximum absolute atomic E-state index is 12.0. The second-order valence-corrected chi connectivity index (χ2v) is 6.04. The number of benzene rings is 1. The Hall–Kier alpha value is -1.34. The van der Waals surface area contributed by atoms with Crippen LogP contribution in [-0.4, -0.2) is 22.3 Å². The molecule has 0 atom stereocenters. The Balaban J connectivity index is 1.95. The van der Waals surface area contributed by atoms with E-state index in [1.165, 1.54) is 0 Å². The molecule has 1 N–H and O–H groups in total. The minimum Gasteiger partial charge on any atom is -0.481 e. The summed E-state index contributed by atoms with van der Waals surface area (Å²) in [6.45, 7) is 2.75. The Morgan fingerprint density at radius 2 is 2.05 bits per heavy atom. The monoisotopic (exact) mass is 415 g/mol. The number of amides is 1. The molecule has 0 spiro atoms. The summed E-state index contributed by atoms with van der Waals surface area (Å²) in [5.74, 6) is 1.06. The Labute approximate surface area is 139 Å². The van der Waals surface area contributed by atoms with Crippen molar-refractivity contribution in [2.45, 2.75) is 19.9 Å². The van der Waals surface area contributed by atoms with Gasteiger partial charge in [-0.3, -0.25) is 4.79 Å². The largest absolute Gasteiger partial charge is 0.481 e. The van der Waals surface area contributed by atoms with Crippen LogP contribution in [0, 0.1) is 0 Å². The zero-order valence-electron chi connectivity index (χ0n) is 11.5. The van der Waals surface area contributed by atoms with Gasteiger partial charge in [0.25, 0.3) is 5.91 Å². The normalized spacial score (nSPS) is 10.4. The molecule has 1 aromatic carbocycles. The highest BCUT2D eigenvalue weighted by Gasteiger charge is 2.11. The second-order valence-electron chi connectivity index (χ2n) is 4.33. The fourth-order valence-corrected chi connectivity index (χ4v) is 2.99. The average Bonchev–Trinajstić information content (AvgIpc) is 2.86. The van der Waals surface area contributed by atoms with Crippen LogP contribution in [0.4, 0.5) is 5.82 Å². The van der Waals surface area contributed by atoms with Gasteiger partial charge in [-0.25, -0.2) is 4.68 Å². The number of halogens is 2.